The molecule has 0 radical (unpaired) electrons. The Kier molecular flexibility index (Phi) is 4.47. The van der Waals surface area contributed by atoms with Crippen LogP contribution < -0.4 is 11.2 Å². The Hall–Kier alpha value is -2.48. The standard InChI is InChI=1S/C17H17FN4O2S/c1-9(2)25-15-12-14(21(3)17(24)22(4)16(12)23)19-13(20-15)10-7-5-6-8-11(10)18/h5-9H,1-4H3. The molecule has 0 saturated carbocycles. The van der Waals surface area contributed by atoms with Gasteiger partial charge in [0, 0.05) is 19.3 Å². The van der Waals surface area contributed by atoms with Crippen molar-refractivity contribution in [3.63, 3.8) is 0 Å². The number of rotatable bonds is 3. The molecule has 0 spiro atoms. The molecule has 0 aliphatic rings. The van der Waals surface area contributed by atoms with Gasteiger partial charge in [-0.15, -0.1) is 11.8 Å². The number of aromatic nitrogens is 4. The van der Waals surface area contributed by atoms with Crippen LogP contribution in [0.1, 0.15) is 13.8 Å². The van der Waals surface area contributed by atoms with Gasteiger partial charge in [-0.05, 0) is 12.1 Å². The van der Waals surface area contributed by atoms with Gasteiger partial charge in [-0.3, -0.25) is 13.9 Å². The largest absolute Gasteiger partial charge is 0.332 e. The van der Waals surface area contributed by atoms with E-state index in [1.54, 1.807) is 18.2 Å². The number of halogens is 1. The Labute approximate surface area is 147 Å². The molecule has 0 bridgehead atoms. The van der Waals surface area contributed by atoms with Gasteiger partial charge in [0.2, 0.25) is 0 Å². The van der Waals surface area contributed by atoms with Gasteiger partial charge in [0.25, 0.3) is 5.56 Å². The van der Waals surface area contributed by atoms with E-state index in [9.17, 15) is 14.0 Å². The van der Waals surface area contributed by atoms with Crippen LogP contribution in [-0.2, 0) is 14.1 Å². The molecule has 0 saturated heterocycles. The lowest BCUT2D eigenvalue weighted by Gasteiger charge is -2.13. The third kappa shape index (κ3) is 2.97. The van der Waals surface area contributed by atoms with Crippen molar-refractivity contribution in [2.75, 3.05) is 0 Å². The minimum absolute atomic E-state index is 0.147. The van der Waals surface area contributed by atoms with Crippen molar-refractivity contribution >= 4 is 22.8 Å². The van der Waals surface area contributed by atoms with Gasteiger partial charge in [-0.25, -0.2) is 19.2 Å². The Morgan fingerprint density at radius 3 is 2.40 bits per heavy atom. The lowest BCUT2D eigenvalue weighted by Crippen LogP contribution is -2.37. The second-order valence-electron chi connectivity index (χ2n) is 5.90. The highest BCUT2D eigenvalue weighted by atomic mass is 32.2. The summed E-state index contributed by atoms with van der Waals surface area (Å²) in [6.45, 7) is 3.93. The van der Waals surface area contributed by atoms with E-state index in [4.69, 9.17) is 0 Å². The molecule has 0 amide bonds. The van der Waals surface area contributed by atoms with Gasteiger partial charge in [0.15, 0.2) is 11.5 Å². The van der Waals surface area contributed by atoms with Gasteiger partial charge in [0.1, 0.15) is 16.2 Å². The predicted octanol–water partition coefficient (Wildman–Crippen LogP) is 2.33. The number of hydrogen-bond donors (Lipinski definition) is 0. The highest BCUT2D eigenvalue weighted by Crippen LogP contribution is 2.29. The molecule has 25 heavy (non-hydrogen) atoms. The summed E-state index contributed by atoms with van der Waals surface area (Å²) in [6, 6.07) is 6.15. The number of hydrogen-bond acceptors (Lipinski definition) is 5. The van der Waals surface area contributed by atoms with Crippen LogP contribution in [-0.4, -0.2) is 24.4 Å². The molecule has 6 nitrogen and oxygen atoms in total. The average molecular weight is 360 g/mol. The summed E-state index contributed by atoms with van der Waals surface area (Å²) in [4.78, 5) is 33.6. The highest BCUT2D eigenvalue weighted by molar-refractivity contribution is 8.00. The summed E-state index contributed by atoms with van der Waals surface area (Å²) in [6.07, 6.45) is 0. The fourth-order valence-corrected chi connectivity index (χ4v) is 3.38. The zero-order chi connectivity index (χ0) is 18.3. The van der Waals surface area contributed by atoms with Crippen LogP contribution in [0.4, 0.5) is 4.39 Å². The first-order chi connectivity index (χ1) is 11.8. The van der Waals surface area contributed by atoms with Crippen LogP contribution in [0.25, 0.3) is 22.4 Å². The summed E-state index contributed by atoms with van der Waals surface area (Å²) >= 11 is 1.38. The molecule has 0 aliphatic carbocycles. The zero-order valence-electron chi connectivity index (χ0n) is 14.3. The minimum Gasteiger partial charge on any atom is -0.280 e. The normalized spacial score (nSPS) is 11.4. The maximum atomic E-state index is 14.2. The number of benzene rings is 1. The van der Waals surface area contributed by atoms with E-state index in [2.05, 4.69) is 9.97 Å². The number of thioether (sulfide) groups is 1. The van der Waals surface area contributed by atoms with Crippen LogP contribution in [0.3, 0.4) is 0 Å². The molecule has 8 heteroatoms. The molecule has 0 aliphatic heterocycles. The molecular weight excluding hydrogens is 343 g/mol. The summed E-state index contributed by atoms with van der Waals surface area (Å²) in [5.41, 5.74) is -0.523. The van der Waals surface area contributed by atoms with Gasteiger partial charge in [-0.1, -0.05) is 26.0 Å². The van der Waals surface area contributed by atoms with Crippen molar-refractivity contribution in [3.8, 4) is 11.4 Å². The van der Waals surface area contributed by atoms with E-state index < -0.39 is 17.1 Å². The number of fused-ring (bicyclic) bond motifs is 1. The monoisotopic (exact) mass is 360 g/mol. The van der Waals surface area contributed by atoms with Crippen molar-refractivity contribution in [2.45, 2.75) is 24.1 Å². The Morgan fingerprint density at radius 2 is 1.76 bits per heavy atom. The topological polar surface area (TPSA) is 69.8 Å². The molecule has 2 aromatic heterocycles. The minimum atomic E-state index is -0.490. The van der Waals surface area contributed by atoms with Crippen LogP contribution >= 0.6 is 11.8 Å². The van der Waals surface area contributed by atoms with Gasteiger partial charge in [-0.2, -0.15) is 0 Å². The van der Waals surface area contributed by atoms with E-state index in [-0.39, 0.29) is 27.7 Å². The first kappa shape index (κ1) is 17.3. The summed E-state index contributed by atoms with van der Waals surface area (Å²) < 4.78 is 16.5. The molecule has 2 heterocycles. The molecular formula is C17H17FN4O2S. The predicted molar refractivity (Wildman–Crippen MR) is 96.4 cm³/mol. The van der Waals surface area contributed by atoms with E-state index in [0.717, 1.165) is 4.57 Å². The maximum Gasteiger partial charge on any atom is 0.332 e. The first-order valence-electron chi connectivity index (χ1n) is 7.70. The molecule has 130 valence electrons. The second-order valence-corrected chi connectivity index (χ2v) is 7.47. The Bertz CT molecular complexity index is 1090. The molecule has 0 fully saturated rings. The summed E-state index contributed by atoms with van der Waals surface area (Å²) in [5.74, 6) is -0.312. The molecule has 1 aromatic carbocycles. The SMILES string of the molecule is CC(C)Sc1nc(-c2ccccc2F)nc2c1c(=O)n(C)c(=O)n2C. The number of aryl methyl sites for hydroxylation is 1. The van der Waals surface area contributed by atoms with Crippen LogP contribution in [0, 0.1) is 5.82 Å². The highest BCUT2D eigenvalue weighted by Gasteiger charge is 2.19. The van der Waals surface area contributed by atoms with E-state index in [1.165, 1.54) is 36.5 Å². The van der Waals surface area contributed by atoms with E-state index in [0.29, 0.717) is 5.03 Å². The molecule has 3 aromatic rings. The first-order valence-corrected chi connectivity index (χ1v) is 8.58. The van der Waals surface area contributed by atoms with Crippen molar-refractivity contribution in [2.24, 2.45) is 14.1 Å². The molecule has 3 rings (SSSR count). The average Bonchev–Trinajstić information content (AvgIpc) is 2.57. The van der Waals surface area contributed by atoms with Crippen LogP contribution in [0.15, 0.2) is 38.9 Å². The van der Waals surface area contributed by atoms with Crippen LogP contribution in [0.2, 0.25) is 0 Å². The third-order valence-corrected chi connectivity index (χ3v) is 4.72. The van der Waals surface area contributed by atoms with Gasteiger partial charge in [0.05, 0.1) is 5.56 Å². The smallest absolute Gasteiger partial charge is 0.280 e. The Balaban J connectivity index is 2.46. The van der Waals surface area contributed by atoms with E-state index >= 15 is 0 Å². The van der Waals surface area contributed by atoms with Crippen molar-refractivity contribution < 1.29 is 4.39 Å². The van der Waals surface area contributed by atoms with E-state index in [1.807, 2.05) is 13.8 Å². The molecule has 0 N–H and O–H groups in total. The van der Waals surface area contributed by atoms with Gasteiger partial charge < -0.3 is 0 Å². The number of nitrogens with zero attached hydrogens (tertiary/aromatic N) is 4. The summed E-state index contributed by atoms with van der Waals surface area (Å²) in [5, 5.41) is 0.853. The van der Waals surface area contributed by atoms with Gasteiger partial charge >= 0.3 is 5.69 Å². The van der Waals surface area contributed by atoms with Crippen molar-refractivity contribution in [3.05, 3.63) is 50.9 Å². The quantitative estimate of drug-likeness (QED) is 0.530. The summed E-state index contributed by atoms with van der Waals surface area (Å²) in [7, 11) is 2.95. The lowest BCUT2D eigenvalue weighted by molar-refractivity contribution is 0.629. The second kappa shape index (κ2) is 6.44. The lowest BCUT2D eigenvalue weighted by atomic mass is 10.2. The fraction of sp³-hybridized carbons (Fsp3) is 0.294. The fourth-order valence-electron chi connectivity index (χ4n) is 2.50. The zero-order valence-corrected chi connectivity index (χ0v) is 15.1. The van der Waals surface area contributed by atoms with Crippen molar-refractivity contribution in [1.82, 2.24) is 19.1 Å². The maximum absolute atomic E-state index is 14.2. The van der Waals surface area contributed by atoms with Crippen LogP contribution in [0.5, 0.6) is 0 Å². The third-order valence-electron chi connectivity index (χ3n) is 3.73. The molecule has 0 atom stereocenters. The van der Waals surface area contributed by atoms with Crippen molar-refractivity contribution in [1.29, 1.82) is 0 Å². The Morgan fingerprint density at radius 1 is 1.08 bits per heavy atom. The molecule has 0 unspecified atom stereocenters.